The van der Waals surface area contributed by atoms with Gasteiger partial charge in [-0.1, -0.05) is 0 Å². The summed E-state index contributed by atoms with van der Waals surface area (Å²) >= 11 is 0. The smallest absolute Gasteiger partial charge is 0.433 e. The van der Waals surface area contributed by atoms with E-state index >= 15 is 0 Å². The lowest BCUT2D eigenvalue weighted by Gasteiger charge is -2.42. The lowest BCUT2D eigenvalue weighted by molar-refractivity contribution is 0.0444. The predicted molar refractivity (Wildman–Crippen MR) is 95.5 cm³/mol. The van der Waals surface area contributed by atoms with Crippen molar-refractivity contribution < 1.29 is 38.1 Å². The van der Waals surface area contributed by atoms with E-state index in [1.165, 1.54) is 6.20 Å². The van der Waals surface area contributed by atoms with Crippen molar-refractivity contribution in [2.75, 3.05) is 40.0 Å². The molecule has 2 heterocycles. The third-order valence-corrected chi connectivity index (χ3v) is 3.98. The minimum Gasteiger partial charge on any atom is -0.452 e. The minimum atomic E-state index is -1.04. The maximum atomic E-state index is 12.4. The first-order valence-corrected chi connectivity index (χ1v) is 8.20. The number of carbonyl (C=O) groups is 4. The van der Waals surface area contributed by atoms with Gasteiger partial charge in [0.25, 0.3) is 0 Å². The number of nitrogens with zero attached hydrogens (tertiary/aromatic N) is 4. The van der Waals surface area contributed by atoms with Crippen molar-refractivity contribution in [1.29, 1.82) is 0 Å². The van der Waals surface area contributed by atoms with Crippen LogP contribution in [0.3, 0.4) is 0 Å². The number of amides is 4. The molecule has 158 valence electrons. The topological polar surface area (TPSA) is 140 Å². The fourth-order valence-electron chi connectivity index (χ4n) is 2.69. The largest absolute Gasteiger partial charge is 0.452 e. The number of aromatic nitrogens is 1. The summed E-state index contributed by atoms with van der Waals surface area (Å²) in [6, 6.07) is 0.520. The summed E-state index contributed by atoms with van der Waals surface area (Å²) in [5.41, 5.74) is 3.23. The van der Waals surface area contributed by atoms with Gasteiger partial charge in [-0.2, -0.15) is 5.01 Å². The van der Waals surface area contributed by atoms with Crippen molar-refractivity contribution in [3.8, 4) is 0 Å². The molecular weight excluding hydrogens is 390 g/mol. The van der Waals surface area contributed by atoms with Crippen LogP contribution < -0.4 is 10.4 Å². The summed E-state index contributed by atoms with van der Waals surface area (Å²) in [7, 11) is 4.49. The van der Waals surface area contributed by atoms with Crippen LogP contribution in [0.5, 0.6) is 0 Å². The van der Waals surface area contributed by atoms with Crippen LogP contribution in [0.2, 0.25) is 0 Å². The molecule has 2 rings (SSSR count). The summed E-state index contributed by atoms with van der Waals surface area (Å²) in [5.74, 6) is 0. The Morgan fingerprint density at radius 3 is 2.28 bits per heavy atom. The van der Waals surface area contributed by atoms with Gasteiger partial charge in [-0.3, -0.25) is 4.98 Å². The molecule has 0 bridgehead atoms. The number of hydrazine groups is 2. The highest BCUT2D eigenvalue weighted by molar-refractivity contribution is 5.92. The van der Waals surface area contributed by atoms with Gasteiger partial charge in [-0.15, -0.1) is 0 Å². The fraction of sp³-hybridized carbons (Fsp3) is 0.438. The first-order valence-electron chi connectivity index (χ1n) is 8.20. The molecule has 1 aliphatic rings. The summed E-state index contributed by atoms with van der Waals surface area (Å²) in [5, 5.41) is 2.65. The Bertz CT molecular complexity index is 816. The van der Waals surface area contributed by atoms with Crippen LogP contribution in [-0.2, 0) is 18.9 Å². The second-order valence-corrected chi connectivity index (χ2v) is 5.71. The maximum absolute atomic E-state index is 12.4. The quantitative estimate of drug-likeness (QED) is 0.535. The second kappa shape index (κ2) is 8.95. The Hall–Kier alpha value is -3.77. The number of hydrogen-bond donors (Lipinski definition) is 1. The second-order valence-electron chi connectivity index (χ2n) is 5.71. The van der Waals surface area contributed by atoms with Crippen molar-refractivity contribution in [2.24, 2.45) is 0 Å². The van der Waals surface area contributed by atoms with Gasteiger partial charge in [0, 0.05) is 6.20 Å². The molecule has 0 aliphatic carbocycles. The monoisotopic (exact) mass is 411 g/mol. The number of anilines is 1. The van der Waals surface area contributed by atoms with Crippen molar-refractivity contribution >= 4 is 30.1 Å². The van der Waals surface area contributed by atoms with Crippen LogP contribution in [-0.4, -0.2) is 74.4 Å². The molecule has 1 unspecified atom stereocenters. The van der Waals surface area contributed by atoms with E-state index in [4.69, 9.17) is 14.2 Å². The standard InChI is InChI=1S/C16H21N5O8/c1-9-6-10-12(17-7-9)11(20(15(24)28-4)18-13(22)26-2)8-19(14(23)27-3)21(10)16(25)29-5/h6-7,11H,8H2,1-5H3,(H,18,22). The average Bonchev–Trinajstić information content (AvgIpc) is 2.74. The van der Waals surface area contributed by atoms with E-state index in [1.807, 2.05) is 0 Å². The van der Waals surface area contributed by atoms with Gasteiger partial charge in [0.2, 0.25) is 0 Å². The molecule has 13 heteroatoms. The normalized spacial score (nSPS) is 15.0. The number of fused-ring (bicyclic) bond motifs is 1. The van der Waals surface area contributed by atoms with Crippen molar-refractivity contribution in [3.05, 3.63) is 23.5 Å². The van der Waals surface area contributed by atoms with E-state index in [9.17, 15) is 19.2 Å². The van der Waals surface area contributed by atoms with Gasteiger partial charge >= 0.3 is 24.4 Å². The predicted octanol–water partition coefficient (Wildman–Crippen LogP) is 1.34. The summed E-state index contributed by atoms with van der Waals surface area (Å²) in [6.45, 7) is 1.41. The molecule has 0 fully saturated rings. The number of hydrogen-bond acceptors (Lipinski definition) is 9. The first-order chi connectivity index (χ1) is 13.8. The lowest BCUT2D eigenvalue weighted by Crippen LogP contribution is -2.60. The Balaban J connectivity index is 2.65. The van der Waals surface area contributed by atoms with Gasteiger partial charge in [0.05, 0.1) is 46.4 Å². The number of nitrogens with one attached hydrogen (secondary N) is 1. The lowest BCUT2D eigenvalue weighted by atomic mass is 10.1. The van der Waals surface area contributed by atoms with Gasteiger partial charge in [0.1, 0.15) is 6.04 Å². The first kappa shape index (κ1) is 21.5. The number of rotatable bonds is 1. The summed E-state index contributed by atoms with van der Waals surface area (Å²) < 4.78 is 18.8. The van der Waals surface area contributed by atoms with E-state index in [1.54, 1.807) is 13.0 Å². The number of aryl methyl sites for hydroxylation is 1. The van der Waals surface area contributed by atoms with Crippen LogP contribution in [0.4, 0.5) is 24.9 Å². The van der Waals surface area contributed by atoms with E-state index in [-0.39, 0.29) is 17.9 Å². The molecule has 13 nitrogen and oxygen atoms in total. The average molecular weight is 411 g/mol. The Kier molecular flexibility index (Phi) is 6.64. The van der Waals surface area contributed by atoms with E-state index < -0.39 is 30.4 Å². The van der Waals surface area contributed by atoms with E-state index in [2.05, 4.69) is 15.1 Å². The molecule has 29 heavy (non-hydrogen) atoms. The van der Waals surface area contributed by atoms with Crippen molar-refractivity contribution in [1.82, 2.24) is 20.4 Å². The SMILES string of the molecule is COC(=O)NN(C(=O)OC)C1CN(C(=O)OC)N(C(=O)OC)c2cc(C)cnc21. The third kappa shape index (κ3) is 4.23. The zero-order valence-corrected chi connectivity index (χ0v) is 16.5. The number of pyridine rings is 1. The van der Waals surface area contributed by atoms with Crippen LogP contribution in [0.25, 0.3) is 0 Å². The Labute approximate surface area is 166 Å². The molecule has 0 radical (unpaired) electrons. The zero-order valence-electron chi connectivity index (χ0n) is 16.5. The summed E-state index contributed by atoms with van der Waals surface area (Å²) in [6.07, 6.45) is -2.19. The molecule has 4 amide bonds. The number of methoxy groups -OCH3 is 4. The Morgan fingerprint density at radius 1 is 1.07 bits per heavy atom. The van der Waals surface area contributed by atoms with Gasteiger partial charge < -0.3 is 18.9 Å². The molecule has 0 saturated carbocycles. The van der Waals surface area contributed by atoms with Crippen LogP contribution >= 0.6 is 0 Å². The van der Waals surface area contributed by atoms with Gasteiger partial charge in [0.15, 0.2) is 0 Å². The van der Waals surface area contributed by atoms with E-state index in [0.29, 0.717) is 5.56 Å². The molecule has 1 atom stereocenters. The maximum Gasteiger partial charge on any atom is 0.433 e. The molecule has 1 aromatic heterocycles. The molecular formula is C16H21N5O8. The third-order valence-electron chi connectivity index (χ3n) is 3.98. The van der Waals surface area contributed by atoms with Crippen molar-refractivity contribution in [3.63, 3.8) is 0 Å². The number of ether oxygens (including phenoxy) is 4. The fourth-order valence-corrected chi connectivity index (χ4v) is 2.69. The van der Waals surface area contributed by atoms with Crippen LogP contribution in [0.1, 0.15) is 17.3 Å². The molecule has 1 aromatic rings. The molecule has 0 saturated heterocycles. The van der Waals surface area contributed by atoms with Crippen LogP contribution in [0, 0.1) is 6.92 Å². The minimum absolute atomic E-state index is 0.152. The molecule has 1 aliphatic heterocycles. The zero-order chi connectivity index (χ0) is 21.7. The van der Waals surface area contributed by atoms with Gasteiger partial charge in [-0.05, 0) is 18.6 Å². The molecule has 0 spiro atoms. The van der Waals surface area contributed by atoms with Gasteiger partial charge in [-0.25, -0.2) is 34.6 Å². The van der Waals surface area contributed by atoms with Crippen molar-refractivity contribution in [2.45, 2.75) is 13.0 Å². The summed E-state index contributed by atoms with van der Waals surface area (Å²) in [4.78, 5) is 53.1. The Morgan fingerprint density at radius 2 is 1.72 bits per heavy atom. The van der Waals surface area contributed by atoms with Crippen LogP contribution in [0.15, 0.2) is 12.3 Å². The number of carbonyl (C=O) groups excluding carboxylic acids is 4. The highest BCUT2D eigenvalue weighted by Gasteiger charge is 2.44. The molecule has 1 N–H and O–H groups in total. The highest BCUT2D eigenvalue weighted by atomic mass is 16.6. The van der Waals surface area contributed by atoms with E-state index in [0.717, 1.165) is 43.5 Å². The molecule has 0 aromatic carbocycles. The highest BCUT2D eigenvalue weighted by Crippen LogP contribution is 2.36.